The maximum absolute atomic E-state index is 5.53. The van der Waals surface area contributed by atoms with E-state index in [1.165, 1.54) is 0 Å². The minimum Gasteiger partial charge on any atom is -0.328 e. The highest BCUT2D eigenvalue weighted by molar-refractivity contribution is 8.06. The molecule has 42 valence electrons. The molecule has 0 aliphatic rings. The molecule has 0 saturated heterocycles. The molecule has 0 bridgehead atoms. The van der Waals surface area contributed by atoms with Gasteiger partial charge in [-0.15, -0.1) is 0 Å². The van der Waals surface area contributed by atoms with Crippen LogP contribution in [0.2, 0.25) is 6.32 Å². The topological polar surface area (TPSA) is 26.0 Å². The number of thiol groups is 1. The lowest BCUT2D eigenvalue weighted by molar-refractivity contribution is 0.713. The van der Waals surface area contributed by atoms with Crippen molar-refractivity contribution < 1.29 is 0 Å². The van der Waals surface area contributed by atoms with Crippen molar-refractivity contribution in [2.45, 2.75) is 25.7 Å². The Bertz CT molecular complexity index is 42.7. The van der Waals surface area contributed by atoms with Crippen molar-refractivity contribution in [2.75, 3.05) is 0 Å². The fraction of sp³-hybridized carbons (Fsp3) is 1.00. The quantitative estimate of drug-likeness (QED) is 0.406. The molecule has 0 aromatic heterocycles. The lowest BCUT2D eigenvalue weighted by Crippen LogP contribution is -2.18. The van der Waals surface area contributed by atoms with E-state index >= 15 is 0 Å². The van der Waals surface area contributed by atoms with Crippen molar-refractivity contribution in [3.8, 4) is 0 Å². The maximum Gasteiger partial charge on any atom is 0.188 e. The van der Waals surface area contributed by atoms with Crippen molar-refractivity contribution in [1.82, 2.24) is 0 Å². The van der Waals surface area contributed by atoms with Gasteiger partial charge in [0.25, 0.3) is 0 Å². The second-order valence-corrected chi connectivity index (χ2v) is 2.13. The van der Waals surface area contributed by atoms with E-state index < -0.39 is 0 Å². The second kappa shape index (κ2) is 4.53. The van der Waals surface area contributed by atoms with Crippen LogP contribution in [0, 0.1) is 0 Å². The first-order chi connectivity index (χ1) is 3.31. The Morgan fingerprint density at radius 1 is 1.86 bits per heavy atom. The van der Waals surface area contributed by atoms with Crippen LogP contribution >= 0.6 is 12.5 Å². The average Bonchev–Trinajstić information content (AvgIpc) is 1.68. The third-order valence-corrected chi connectivity index (χ3v) is 1.28. The summed E-state index contributed by atoms with van der Waals surface area (Å²) >= 11 is 4.03. The third-order valence-electron chi connectivity index (χ3n) is 1.02. The first-order valence-corrected chi connectivity index (χ1v) is 3.31. The van der Waals surface area contributed by atoms with Gasteiger partial charge in [-0.2, -0.15) is 0 Å². The highest BCUT2D eigenvalue weighted by Gasteiger charge is 1.94. The lowest BCUT2D eigenvalue weighted by atomic mass is 9.95. The molecule has 0 aliphatic carbocycles. The highest BCUT2D eigenvalue weighted by Crippen LogP contribution is 1.92. The zero-order chi connectivity index (χ0) is 5.70. The van der Waals surface area contributed by atoms with Crippen molar-refractivity contribution in [2.24, 2.45) is 5.73 Å². The van der Waals surface area contributed by atoms with E-state index in [-0.39, 0.29) is 0 Å². The van der Waals surface area contributed by atoms with Crippen molar-refractivity contribution in [3.63, 3.8) is 0 Å². The van der Waals surface area contributed by atoms with Crippen LogP contribution in [0.4, 0.5) is 0 Å². The smallest absolute Gasteiger partial charge is 0.188 e. The molecule has 0 rings (SSSR count). The Balaban J connectivity index is 2.83. The number of nitrogens with two attached hydrogens (primary N) is 1. The summed E-state index contributed by atoms with van der Waals surface area (Å²) in [5, 5.41) is 0. The van der Waals surface area contributed by atoms with Crippen LogP contribution in [0.25, 0.3) is 0 Å². The van der Waals surface area contributed by atoms with Gasteiger partial charge in [0.05, 0.1) is 0 Å². The zero-order valence-corrected chi connectivity index (χ0v) is 5.62. The Labute approximate surface area is 51.2 Å². The van der Waals surface area contributed by atoms with Crippen LogP contribution in [0.5, 0.6) is 0 Å². The van der Waals surface area contributed by atoms with Crippen molar-refractivity contribution in [3.05, 3.63) is 0 Å². The van der Waals surface area contributed by atoms with Crippen LogP contribution in [0.1, 0.15) is 13.3 Å². The minimum atomic E-state index is 0.373. The summed E-state index contributed by atoms with van der Waals surface area (Å²) in [5.74, 6) is 0. The normalized spacial score (nSPS) is 13.6. The number of hydrogen-bond acceptors (Lipinski definition) is 2. The van der Waals surface area contributed by atoms with E-state index in [0.717, 1.165) is 19.3 Å². The molecule has 0 aromatic rings. The van der Waals surface area contributed by atoms with Gasteiger partial charge in [-0.05, 0) is 12.5 Å². The monoisotopic (exact) mass is 117 g/mol. The van der Waals surface area contributed by atoms with Gasteiger partial charge in [0.15, 0.2) is 6.56 Å². The third kappa shape index (κ3) is 4.22. The minimum absolute atomic E-state index is 0.373. The van der Waals surface area contributed by atoms with E-state index in [2.05, 4.69) is 19.4 Å². The molecule has 0 unspecified atom stereocenters. The SMILES string of the molecule is CC[C@@H](N)CBS. The van der Waals surface area contributed by atoms with Crippen LogP contribution in [0.3, 0.4) is 0 Å². The van der Waals surface area contributed by atoms with E-state index in [0.29, 0.717) is 6.04 Å². The van der Waals surface area contributed by atoms with Crippen LogP contribution < -0.4 is 5.73 Å². The Morgan fingerprint density at radius 2 is 2.43 bits per heavy atom. The molecule has 0 heterocycles. The molecule has 1 nitrogen and oxygen atoms in total. The molecule has 0 fully saturated rings. The summed E-state index contributed by atoms with van der Waals surface area (Å²) in [6.07, 6.45) is 2.11. The Morgan fingerprint density at radius 3 is 2.57 bits per heavy atom. The summed E-state index contributed by atoms with van der Waals surface area (Å²) in [4.78, 5) is 0. The molecule has 0 saturated carbocycles. The molecular formula is C4H12BNS. The maximum atomic E-state index is 5.53. The molecule has 0 radical (unpaired) electrons. The van der Waals surface area contributed by atoms with E-state index in [9.17, 15) is 0 Å². The molecule has 7 heavy (non-hydrogen) atoms. The fourth-order valence-electron chi connectivity index (χ4n) is 0.370. The van der Waals surface area contributed by atoms with Gasteiger partial charge in [-0.25, -0.2) is 12.5 Å². The predicted molar refractivity (Wildman–Crippen MR) is 39.2 cm³/mol. The predicted octanol–water partition coefficient (Wildman–Crippen LogP) is 0.423. The first kappa shape index (κ1) is 7.37. The first-order valence-electron chi connectivity index (χ1n) is 2.67. The van der Waals surface area contributed by atoms with Crippen LogP contribution in [-0.2, 0) is 0 Å². The molecule has 0 aliphatic heterocycles. The van der Waals surface area contributed by atoms with Gasteiger partial charge in [0.1, 0.15) is 0 Å². The van der Waals surface area contributed by atoms with Gasteiger partial charge < -0.3 is 5.73 Å². The van der Waals surface area contributed by atoms with Gasteiger partial charge in [-0.1, -0.05) is 13.2 Å². The van der Waals surface area contributed by atoms with E-state index in [4.69, 9.17) is 5.73 Å². The van der Waals surface area contributed by atoms with Crippen molar-refractivity contribution >= 4 is 19.0 Å². The van der Waals surface area contributed by atoms with Crippen LogP contribution in [0.15, 0.2) is 0 Å². The lowest BCUT2D eigenvalue weighted by Gasteiger charge is -2.02. The molecule has 0 spiro atoms. The van der Waals surface area contributed by atoms with E-state index in [1.807, 2.05) is 0 Å². The van der Waals surface area contributed by atoms with Gasteiger partial charge >= 0.3 is 0 Å². The van der Waals surface area contributed by atoms with Gasteiger partial charge in [0.2, 0.25) is 0 Å². The molecule has 1 atom stereocenters. The van der Waals surface area contributed by atoms with E-state index in [1.54, 1.807) is 0 Å². The highest BCUT2D eigenvalue weighted by atomic mass is 32.1. The summed E-state index contributed by atoms with van der Waals surface area (Å²) < 4.78 is 0. The second-order valence-electron chi connectivity index (χ2n) is 1.68. The molecule has 0 aromatic carbocycles. The molecule has 2 N–H and O–H groups in total. The Hall–Kier alpha value is 0.375. The summed E-state index contributed by atoms with van der Waals surface area (Å²) in [7, 11) is 0. The zero-order valence-electron chi connectivity index (χ0n) is 4.72. The molecule has 0 amide bonds. The van der Waals surface area contributed by atoms with Crippen molar-refractivity contribution in [1.29, 1.82) is 0 Å². The van der Waals surface area contributed by atoms with Gasteiger partial charge in [-0.3, -0.25) is 0 Å². The largest absolute Gasteiger partial charge is 0.328 e. The summed E-state index contributed by atoms with van der Waals surface area (Å²) in [6, 6.07) is 0.373. The average molecular weight is 117 g/mol. The molecular weight excluding hydrogens is 105 g/mol. The fourth-order valence-corrected chi connectivity index (χ4v) is 0.702. The summed E-state index contributed by atoms with van der Waals surface area (Å²) in [6.45, 7) is 3.00. The standard InChI is InChI=1S/C4H12BNS/c1-2-4(6)3-5-7/h4-5,7H,2-3,6H2,1H3/t4-/m1/s1. The van der Waals surface area contributed by atoms with Crippen LogP contribution in [-0.4, -0.2) is 12.6 Å². The number of hydrogen-bond donors (Lipinski definition) is 2. The number of rotatable bonds is 3. The Kier molecular flexibility index (Phi) is 4.77. The summed E-state index contributed by atoms with van der Waals surface area (Å²) in [5.41, 5.74) is 5.53. The van der Waals surface area contributed by atoms with Gasteiger partial charge in [0, 0.05) is 0 Å². The molecule has 3 heteroatoms.